The van der Waals surface area contributed by atoms with Crippen LogP contribution in [0.1, 0.15) is 31.1 Å². The lowest BCUT2D eigenvalue weighted by molar-refractivity contribution is -0.129. The third-order valence-electron chi connectivity index (χ3n) is 5.19. The summed E-state index contributed by atoms with van der Waals surface area (Å²) in [5, 5.41) is 23.4. The van der Waals surface area contributed by atoms with Crippen LogP contribution in [0.25, 0.3) is 0 Å². The van der Waals surface area contributed by atoms with E-state index in [2.05, 4.69) is 10.6 Å². The van der Waals surface area contributed by atoms with Crippen LogP contribution in [0, 0.1) is 11.2 Å². The second kappa shape index (κ2) is 11.3. The lowest BCUT2D eigenvalue weighted by atomic mass is 10.0. The van der Waals surface area contributed by atoms with E-state index in [-0.39, 0.29) is 5.82 Å². The summed E-state index contributed by atoms with van der Waals surface area (Å²) >= 11 is 0. The average molecular weight is 466 g/mol. The second-order valence-electron chi connectivity index (χ2n) is 7.81. The number of hydrogen-bond donors (Lipinski definition) is 4. The minimum atomic E-state index is -1.16. The normalized spacial score (nSPS) is 13.3. The minimum absolute atomic E-state index is 0.332. The Morgan fingerprint density at radius 3 is 2.44 bits per heavy atom. The van der Waals surface area contributed by atoms with Crippen molar-refractivity contribution in [2.75, 3.05) is 12.4 Å². The first-order valence-corrected chi connectivity index (χ1v) is 10.8. The number of hydrogen-bond acceptors (Lipinski definition) is 6. The third kappa shape index (κ3) is 6.32. The van der Waals surface area contributed by atoms with Crippen LogP contribution in [-0.4, -0.2) is 36.5 Å². The average Bonchev–Trinajstić information content (AvgIpc) is 2.84. The van der Waals surface area contributed by atoms with Crippen molar-refractivity contribution >= 4 is 23.5 Å². The number of carbonyl (C=O) groups excluding carboxylic acids is 1. The Hall–Kier alpha value is -3.91. The summed E-state index contributed by atoms with van der Waals surface area (Å²) in [4.78, 5) is 12.1. The topological polar surface area (TPSA) is 104 Å². The lowest BCUT2D eigenvalue weighted by Crippen LogP contribution is -2.43. The van der Waals surface area contributed by atoms with Crippen LogP contribution in [-0.2, 0) is 4.79 Å². The number of anilines is 2. The van der Waals surface area contributed by atoms with Gasteiger partial charge in [-0.1, -0.05) is 12.1 Å². The highest BCUT2D eigenvalue weighted by Gasteiger charge is 2.25. The van der Waals surface area contributed by atoms with Gasteiger partial charge in [-0.25, -0.2) is 4.39 Å². The lowest BCUT2D eigenvalue weighted by Gasteiger charge is -2.27. The van der Waals surface area contributed by atoms with E-state index >= 15 is 0 Å². The van der Waals surface area contributed by atoms with Crippen LogP contribution < -0.4 is 20.1 Å². The van der Waals surface area contributed by atoms with Gasteiger partial charge in [0.1, 0.15) is 29.5 Å². The fourth-order valence-electron chi connectivity index (χ4n) is 3.38. The largest absolute Gasteiger partial charge is 0.497 e. The first kappa shape index (κ1) is 24.7. The summed E-state index contributed by atoms with van der Waals surface area (Å²) in [5.41, 5.74) is 2.67. The van der Waals surface area contributed by atoms with Gasteiger partial charge < -0.3 is 30.6 Å². The van der Waals surface area contributed by atoms with Gasteiger partial charge in [-0.2, -0.15) is 0 Å². The number of aliphatic hydroxyl groups excluding tert-OH is 1. The molecule has 0 spiro atoms. The number of benzene rings is 3. The zero-order valence-corrected chi connectivity index (χ0v) is 19.2. The molecular weight excluding hydrogens is 437 g/mol. The zero-order chi connectivity index (χ0) is 24.7. The fourth-order valence-corrected chi connectivity index (χ4v) is 3.38. The molecule has 3 rings (SSSR count). The molecular formula is C26H28FN3O4. The van der Waals surface area contributed by atoms with Gasteiger partial charge in [-0.15, -0.1) is 0 Å². The summed E-state index contributed by atoms with van der Waals surface area (Å²) < 4.78 is 24.8. The van der Waals surface area contributed by atoms with E-state index in [9.17, 15) is 14.3 Å². The molecule has 0 unspecified atom stereocenters. The molecule has 0 radical (unpaired) electrons. The maximum Gasteiger partial charge on any atom is 0.248 e. The fraction of sp³-hybridized carbons (Fsp3) is 0.231. The highest BCUT2D eigenvalue weighted by molar-refractivity contribution is 5.88. The van der Waals surface area contributed by atoms with Gasteiger partial charge in [0.05, 0.1) is 13.2 Å². The molecule has 0 aliphatic heterocycles. The summed E-state index contributed by atoms with van der Waals surface area (Å²) in [5.74, 6) is 0.276. The number of halogens is 1. The Kier molecular flexibility index (Phi) is 8.21. The summed E-state index contributed by atoms with van der Waals surface area (Å²) in [6, 6.07) is 18.0. The second-order valence-corrected chi connectivity index (χ2v) is 7.81. The van der Waals surface area contributed by atoms with Crippen molar-refractivity contribution in [1.29, 1.82) is 5.41 Å². The molecule has 0 fully saturated rings. The Labute approximate surface area is 198 Å². The molecule has 1 amide bonds. The predicted molar refractivity (Wildman–Crippen MR) is 130 cm³/mol. The molecule has 34 heavy (non-hydrogen) atoms. The Bertz CT molecular complexity index is 1140. The highest BCUT2D eigenvalue weighted by Crippen LogP contribution is 2.30. The molecule has 8 heteroatoms. The van der Waals surface area contributed by atoms with E-state index in [1.807, 2.05) is 24.3 Å². The molecule has 0 bridgehead atoms. The maximum absolute atomic E-state index is 13.2. The van der Waals surface area contributed by atoms with Crippen molar-refractivity contribution in [2.45, 2.75) is 32.1 Å². The van der Waals surface area contributed by atoms with Gasteiger partial charge in [0.15, 0.2) is 0 Å². The van der Waals surface area contributed by atoms with E-state index < -0.39 is 24.2 Å². The van der Waals surface area contributed by atoms with Crippen molar-refractivity contribution in [3.05, 3.63) is 83.7 Å². The molecule has 0 saturated heterocycles. The SMILES string of the molecule is COc1cccc([C@@H](Oc2ccc(Nc3ccc(F)cc3)c(C=N)c2)[C@H](C)NC(=O)[C@@H](C)O)c1. The summed E-state index contributed by atoms with van der Waals surface area (Å²) in [6.07, 6.45) is -0.570. The van der Waals surface area contributed by atoms with Gasteiger partial charge >= 0.3 is 0 Å². The molecule has 4 N–H and O–H groups in total. The molecule has 0 aliphatic rings. The molecule has 3 atom stereocenters. The van der Waals surface area contributed by atoms with Crippen LogP contribution in [0.4, 0.5) is 15.8 Å². The standard InChI is InChI=1S/C26H28FN3O4/c1-16(29-26(32)17(2)31)25(18-5-4-6-22(13-18)33-3)34-23-11-12-24(19(14-23)15-28)30-21-9-7-20(27)8-10-21/h4-17,25,28,30-31H,1-3H3,(H,29,32)/t16-,17+,25-/m0/s1. The van der Waals surface area contributed by atoms with Crippen molar-refractivity contribution < 1.29 is 23.8 Å². The molecule has 3 aromatic carbocycles. The van der Waals surface area contributed by atoms with E-state index in [0.717, 1.165) is 5.56 Å². The zero-order valence-electron chi connectivity index (χ0n) is 19.2. The smallest absolute Gasteiger partial charge is 0.248 e. The van der Waals surface area contributed by atoms with Crippen molar-refractivity contribution in [2.24, 2.45) is 0 Å². The van der Waals surface area contributed by atoms with E-state index in [1.165, 1.54) is 25.3 Å². The van der Waals surface area contributed by atoms with Crippen LogP contribution in [0.15, 0.2) is 66.7 Å². The number of carbonyl (C=O) groups is 1. The molecule has 0 saturated carbocycles. The highest BCUT2D eigenvalue weighted by atomic mass is 19.1. The Balaban J connectivity index is 1.89. The minimum Gasteiger partial charge on any atom is -0.497 e. The molecule has 7 nitrogen and oxygen atoms in total. The molecule has 178 valence electrons. The van der Waals surface area contributed by atoms with E-state index in [1.54, 1.807) is 44.4 Å². The summed E-state index contributed by atoms with van der Waals surface area (Å²) in [6.45, 7) is 3.18. The van der Waals surface area contributed by atoms with Crippen molar-refractivity contribution in [3.8, 4) is 11.5 Å². The molecule has 0 heterocycles. The van der Waals surface area contributed by atoms with Crippen molar-refractivity contribution in [3.63, 3.8) is 0 Å². The number of methoxy groups -OCH3 is 1. The number of aliphatic hydroxyl groups is 1. The molecule has 0 aromatic heterocycles. The predicted octanol–water partition coefficient (Wildman–Crippen LogP) is 4.58. The molecule has 3 aromatic rings. The number of nitrogens with one attached hydrogen (secondary N) is 3. The Morgan fingerprint density at radius 2 is 1.79 bits per heavy atom. The van der Waals surface area contributed by atoms with Gasteiger partial charge in [0.2, 0.25) is 5.91 Å². The van der Waals surface area contributed by atoms with Crippen LogP contribution >= 0.6 is 0 Å². The van der Waals surface area contributed by atoms with Gasteiger partial charge in [-0.3, -0.25) is 4.79 Å². The Morgan fingerprint density at radius 1 is 1.06 bits per heavy atom. The van der Waals surface area contributed by atoms with Crippen LogP contribution in [0.2, 0.25) is 0 Å². The van der Waals surface area contributed by atoms with Gasteiger partial charge in [0.25, 0.3) is 0 Å². The number of ether oxygens (including phenoxy) is 2. The quantitative estimate of drug-likeness (QED) is 0.328. The first-order valence-electron chi connectivity index (χ1n) is 10.8. The first-order chi connectivity index (χ1) is 16.3. The van der Waals surface area contributed by atoms with E-state index in [4.69, 9.17) is 14.9 Å². The summed E-state index contributed by atoms with van der Waals surface area (Å²) in [7, 11) is 1.57. The van der Waals surface area contributed by atoms with Crippen molar-refractivity contribution in [1.82, 2.24) is 5.32 Å². The monoisotopic (exact) mass is 465 g/mol. The number of amides is 1. The maximum atomic E-state index is 13.2. The van der Waals surface area contributed by atoms with Crippen LogP contribution in [0.5, 0.6) is 11.5 Å². The number of rotatable bonds is 10. The van der Waals surface area contributed by atoms with Crippen LogP contribution in [0.3, 0.4) is 0 Å². The molecule has 0 aliphatic carbocycles. The van der Waals surface area contributed by atoms with Gasteiger partial charge in [-0.05, 0) is 74.0 Å². The van der Waals surface area contributed by atoms with Gasteiger partial charge in [0, 0.05) is 23.2 Å². The third-order valence-corrected chi connectivity index (χ3v) is 5.19. The van der Waals surface area contributed by atoms with E-state index in [0.29, 0.717) is 28.4 Å².